The standard InChI is InChI=1S/C17H19N3O6S/c1-3-25-16-9-8-13(10-17(16)26-4-2)12-18-19-27(23,24)15-7-5-6-14(11-15)20(21)22/h5-12,19H,3-4H2,1-2H3/b18-12+. The molecule has 1 N–H and O–H groups in total. The molecule has 0 bridgehead atoms. The summed E-state index contributed by atoms with van der Waals surface area (Å²) < 4.78 is 35.4. The normalized spacial score (nSPS) is 11.3. The van der Waals surface area contributed by atoms with Crippen molar-refractivity contribution in [2.75, 3.05) is 13.2 Å². The van der Waals surface area contributed by atoms with E-state index in [4.69, 9.17) is 9.47 Å². The highest BCUT2D eigenvalue weighted by atomic mass is 32.2. The number of nitro groups is 1. The van der Waals surface area contributed by atoms with E-state index in [0.29, 0.717) is 30.3 Å². The summed E-state index contributed by atoms with van der Waals surface area (Å²) in [5.74, 6) is 1.10. The van der Waals surface area contributed by atoms with Gasteiger partial charge in [-0.1, -0.05) is 6.07 Å². The second-order valence-corrected chi connectivity index (χ2v) is 6.84. The van der Waals surface area contributed by atoms with Crippen molar-refractivity contribution in [3.8, 4) is 11.5 Å². The van der Waals surface area contributed by atoms with E-state index >= 15 is 0 Å². The lowest BCUT2D eigenvalue weighted by atomic mass is 10.2. The number of sulfonamides is 1. The number of hydrazone groups is 1. The maximum Gasteiger partial charge on any atom is 0.276 e. The van der Waals surface area contributed by atoms with Crippen LogP contribution in [0.3, 0.4) is 0 Å². The molecule has 0 atom stereocenters. The first kappa shape index (κ1) is 20.2. The Kier molecular flexibility index (Phi) is 6.72. The van der Waals surface area contributed by atoms with E-state index in [1.807, 2.05) is 18.7 Å². The summed E-state index contributed by atoms with van der Waals surface area (Å²) in [7, 11) is -4.03. The average molecular weight is 393 g/mol. The first-order valence-electron chi connectivity index (χ1n) is 8.06. The second-order valence-electron chi connectivity index (χ2n) is 5.18. The first-order valence-corrected chi connectivity index (χ1v) is 9.54. The maximum atomic E-state index is 12.2. The van der Waals surface area contributed by atoms with E-state index in [-0.39, 0.29) is 10.6 Å². The molecule has 0 heterocycles. The molecule has 0 aliphatic carbocycles. The van der Waals surface area contributed by atoms with Gasteiger partial charge in [0.1, 0.15) is 0 Å². The second kappa shape index (κ2) is 8.99. The van der Waals surface area contributed by atoms with Crippen LogP contribution in [0.1, 0.15) is 19.4 Å². The number of rotatable bonds is 9. The molecule has 0 radical (unpaired) electrons. The molecule has 2 rings (SSSR count). The van der Waals surface area contributed by atoms with Gasteiger partial charge in [-0.3, -0.25) is 10.1 Å². The minimum absolute atomic E-state index is 0.254. The molecule has 0 saturated heterocycles. The van der Waals surface area contributed by atoms with Gasteiger partial charge in [0.2, 0.25) is 0 Å². The van der Waals surface area contributed by atoms with Crippen molar-refractivity contribution in [1.29, 1.82) is 0 Å². The van der Waals surface area contributed by atoms with E-state index < -0.39 is 14.9 Å². The van der Waals surface area contributed by atoms with Crippen molar-refractivity contribution in [1.82, 2.24) is 4.83 Å². The van der Waals surface area contributed by atoms with Crippen molar-refractivity contribution in [3.05, 3.63) is 58.1 Å². The van der Waals surface area contributed by atoms with Gasteiger partial charge in [0, 0.05) is 12.1 Å². The molecule has 0 amide bonds. The van der Waals surface area contributed by atoms with Crippen LogP contribution in [0, 0.1) is 10.1 Å². The quantitative estimate of drug-likeness (QED) is 0.397. The Hall–Kier alpha value is -3.14. The van der Waals surface area contributed by atoms with Crippen LogP contribution in [0.4, 0.5) is 5.69 Å². The third kappa shape index (κ3) is 5.42. The third-order valence-corrected chi connectivity index (χ3v) is 4.51. The van der Waals surface area contributed by atoms with Crippen LogP contribution >= 0.6 is 0 Å². The minimum Gasteiger partial charge on any atom is -0.490 e. The molecular formula is C17H19N3O6S. The number of ether oxygens (including phenoxy) is 2. The van der Waals surface area contributed by atoms with Crippen molar-refractivity contribution >= 4 is 21.9 Å². The van der Waals surface area contributed by atoms with E-state index in [9.17, 15) is 18.5 Å². The number of benzene rings is 2. The summed E-state index contributed by atoms with van der Waals surface area (Å²) in [6, 6.07) is 9.76. The van der Waals surface area contributed by atoms with Crippen LogP contribution in [0.25, 0.3) is 0 Å². The Morgan fingerprint density at radius 2 is 1.81 bits per heavy atom. The monoisotopic (exact) mass is 393 g/mol. The van der Waals surface area contributed by atoms with Gasteiger partial charge in [0.05, 0.1) is 29.2 Å². The summed E-state index contributed by atoms with van der Waals surface area (Å²) in [5, 5.41) is 14.5. The Bertz CT molecular complexity index is 943. The summed E-state index contributed by atoms with van der Waals surface area (Å²) in [6.45, 7) is 4.62. The van der Waals surface area contributed by atoms with Crippen LogP contribution in [0.15, 0.2) is 52.5 Å². The van der Waals surface area contributed by atoms with Crippen molar-refractivity contribution in [3.63, 3.8) is 0 Å². The highest BCUT2D eigenvalue weighted by Crippen LogP contribution is 2.28. The largest absolute Gasteiger partial charge is 0.490 e. The lowest BCUT2D eigenvalue weighted by Gasteiger charge is -2.11. The van der Waals surface area contributed by atoms with Crippen LogP contribution in [-0.2, 0) is 10.0 Å². The van der Waals surface area contributed by atoms with Gasteiger partial charge >= 0.3 is 0 Å². The lowest BCUT2D eigenvalue weighted by Crippen LogP contribution is -2.18. The van der Waals surface area contributed by atoms with Crippen molar-refractivity contribution < 1.29 is 22.8 Å². The van der Waals surface area contributed by atoms with E-state index in [0.717, 1.165) is 6.07 Å². The molecule has 9 nitrogen and oxygen atoms in total. The van der Waals surface area contributed by atoms with Gasteiger partial charge in [0.15, 0.2) is 11.5 Å². The fourth-order valence-electron chi connectivity index (χ4n) is 2.14. The number of non-ortho nitro benzene ring substituents is 1. The molecular weight excluding hydrogens is 374 g/mol. The fourth-order valence-corrected chi connectivity index (χ4v) is 2.97. The molecule has 0 unspecified atom stereocenters. The van der Waals surface area contributed by atoms with Crippen LogP contribution in [0.5, 0.6) is 11.5 Å². The average Bonchev–Trinajstić information content (AvgIpc) is 2.64. The molecule has 0 spiro atoms. The lowest BCUT2D eigenvalue weighted by molar-refractivity contribution is -0.385. The summed E-state index contributed by atoms with van der Waals surface area (Å²) in [5.41, 5.74) is 0.262. The molecule has 2 aromatic rings. The Morgan fingerprint density at radius 1 is 1.11 bits per heavy atom. The van der Waals surface area contributed by atoms with Gasteiger partial charge in [-0.05, 0) is 43.7 Å². The van der Waals surface area contributed by atoms with Crippen LogP contribution < -0.4 is 14.3 Å². The highest BCUT2D eigenvalue weighted by Gasteiger charge is 2.16. The van der Waals surface area contributed by atoms with Gasteiger partial charge in [-0.25, -0.2) is 4.83 Å². The summed E-state index contributed by atoms with van der Waals surface area (Å²) >= 11 is 0. The van der Waals surface area contributed by atoms with E-state index in [2.05, 4.69) is 5.10 Å². The number of nitrogens with zero attached hydrogens (tertiary/aromatic N) is 2. The molecule has 144 valence electrons. The number of nitrogens with one attached hydrogen (secondary N) is 1. The molecule has 0 aromatic heterocycles. The molecule has 0 aliphatic rings. The summed E-state index contributed by atoms with van der Waals surface area (Å²) in [6.07, 6.45) is 1.30. The smallest absolute Gasteiger partial charge is 0.276 e. The number of nitro benzene ring substituents is 1. The predicted molar refractivity (Wildman–Crippen MR) is 99.8 cm³/mol. The minimum atomic E-state index is -4.03. The topological polar surface area (TPSA) is 120 Å². The SMILES string of the molecule is CCOc1ccc(/C=N/NS(=O)(=O)c2cccc([N+](=O)[O-])c2)cc1OCC. The first-order chi connectivity index (χ1) is 12.9. The van der Waals surface area contributed by atoms with Crippen molar-refractivity contribution in [2.45, 2.75) is 18.7 Å². The van der Waals surface area contributed by atoms with Gasteiger partial charge in [0.25, 0.3) is 15.7 Å². The maximum absolute atomic E-state index is 12.2. The van der Waals surface area contributed by atoms with Gasteiger partial charge in [-0.2, -0.15) is 13.5 Å². The zero-order valence-electron chi connectivity index (χ0n) is 14.8. The van der Waals surface area contributed by atoms with Crippen LogP contribution in [-0.4, -0.2) is 32.8 Å². The molecule has 27 heavy (non-hydrogen) atoms. The van der Waals surface area contributed by atoms with Crippen LogP contribution in [0.2, 0.25) is 0 Å². The molecule has 0 fully saturated rings. The Labute approximate surface area is 156 Å². The van der Waals surface area contributed by atoms with E-state index in [1.165, 1.54) is 24.4 Å². The predicted octanol–water partition coefficient (Wildman–Crippen LogP) is 2.70. The van der Waals surface area contributed by atoms with Crippen molar-refractivity contribution in [2.24, 2.45) is 5.10 Å². The number of hydrogen-bond donors (Lipinski definition) is 1. The third-order valence-electron chi connectivity index (χ3n) is 3.29. The zero-order valence-corrected chi connectivity index (χ0v) is 15.6. The highest BCUT2D eigenvalue weighted by molar-refractivity contribution is 7.89. The van der Waals surface area contributed by atoms with E-state index in [1.54, 1.807) is 18.2 Å². The Morgan fingerprint density at radius 3 is 2.48 bits per heavy atom. The Balaban J connectivity index is 2.17. The molecule has 10 heteroatoms. The molecule has 0 aliphatic heterocycles. The summed E-state index contributed by atoms with van der Waals surface area (Å²) in [4.78, 5) is 11.9. The molecule has 0 saturated carbocycles. The van der Waals surface area contributed by atoms with Gasteiger partial charge < -0.3 is 9.47 Å². The fraction of sp³-hybridized carbons (Fsp3) is 0.235. The van der Waals surface area contributed by atoms with Gasteiger partial charge in [-0.15, -0.1) is 0 Å². The molecule has 2 aromatic carbocycles. The number of hydrogen-bond acceptors (Lipinski definition) is 7. The zero-order chi connectivity index (χ0) is 19.9.